The summed E-state index contributed by atoms with van der Waals surface area (Å²) in [5.74, 6) is 0.876. The minimum absolute atomic E-state index is 0. The highest BCUT2D eigenvalue weighted by molar-refractivity contribution is 5.92. The zero-order chi connectivity index (χ0) is 15.4. The molecule has 3 rings (SSSR count). The van der Waals surface area contributed by atoms with Gasteiger partial charge in [0.15, 0.2) is 0 Å². The number of carbonyl (C=O) groups excluding carboxylic acids is 1. The van der Waals surface area contributed by atoms with Crippen LogP contribution < -0.4 is 15.4 Å². The van der Waals surface area contributed by atoms with Crippen molar-refractivity contribution in [3.63, 3.8) is 0 Å². The molecule has 1 aromatic rings. The molecule has 3 N–H and O–H groups in total. The molecular weight excluding hydrogens is 316 g/mol. The lowest BCUT2D eigenvalue weighted by Gasteiger charge is -2.28. The van der Waals surface area contributed by atoms with E-state index in [9.17, 15) is 9.90 Å². The van der Waals surface area contributed by atoms with Gasteiger partial charge in [-0.15, -0.1) is 12.4 Å². The number of hydrogen-bond donors (Lipinski definition) is 3. The third kappa shape index (κ3) is 4.83. The number of anilines is 1. The molecule has 2 fully saturated rings. The number of amides is 1. The fourth-order valence-electron chi connectivity index (χ4n) is 3.13. The van der Waals surface area contributed by atoms with Crippen LogP contribution in [0, 0.1) is 5.92 Å². The predicted octanol–water partition coefficient (Wildman–Crippen LogP) is 2.34. The minimum atomic E-state index is -0.372. The number of ether oxygens (including phenoxy) is 1. The highest BCUT2D eigenvalue weighted by Gasteiger charge is 2.25. The van der Waals surface area contributed by atoms with Crippen LogP contribution in [0.25, 0.3) is 0 Å². The van der Waals surface area contributed by atoms with Gasteiger partial charge < -0.3 is 20.5 Å². The second kappa shape index (κ2) is 8.52. The SMILES string of the molecule is Cl.O=C(Nc1ccc(OC2CCCCC2O)cc1)[C@@H]1CCNC1. The molecule has 0 spiro atoms. The van der Waals surface area contributed by atoms with Gasteiger partial charge in [-0.3, -0.25) is 4.79 Å². The van der Waals surface area contributed by atoms with Crippen molar-refractivity contribution in [2.24, 2.45) is 5.92 Å². The Labute approximate surface area is 143 Å². The molecule has 2 aliphatic rings. The number of benzene rings is 1. The second-order valence-electron chi connectivity index (χ2n) is 6.21. The summed E-state index contributed by atoms with van der Waals surface area (Å²) in [7, 11) is 0. The lowest BCUT2D eigenvalue weighted by molar-refractivity contribution is -0.119. The van der Waals surface area contributed by atoms with Crippen molar-refractivity contribution in [2.75, 3.05) is 18.4 Å². The molecule has 1 amide bonds. The van der Waals surface area contributed by atoms with Gasteiger partial charge in [0.05, 0.1) is 12.0 Å². The monoisotopic (exact) mass is 340 g/mol. The van der Waals surface area contributed by atoms with E-state index in [0.29, 0.717) is 0 Å². The third-order valence-corrected chi connectivity index (χ3v) is 4.51. The predicted molar refractivity (Wildman–Crippen MR) is 92.2 cm³/mol. The van der Waals surface area contributed by atoms with Gasteiger partial charge in [0.1, 0.15) is 11.9 Å². The maximum Gasteiger partial charge on any atom is 0.228 e. The van der Waals surface area contributed by atoms with E-state index in [2.05, 4.69) is 10.6 Å². The van der Waals surface area contributed by atoms with Crippen molar-refractivity contribution in [3.8, 4) is 5.75 Å². The van der Waals surface area contributed by atoms with Gasteiger partial charge in [-0.05, 0) is 56.5 Å². The smallest absolute Gasteiger partial charge is 0.228 e. The number of halogens is 1. The van der Waals surface area contributed by atoms with Crippen LogP contribution >= 0.6 is 12.4 Å². The first-order chi connectivity index (χ1) is 10.7. The molecule has 3 atom stereocenters. The van der Waals surface area contributed by atoms with Crippen LogP contribution in [0.2, 0.25) is 0 Å². The number of carbonyl (C=O) groups is 1. The average molecular weight is 341 g/mol. The topological polar surface area (TPSA) is 70.6 Å². The van der Waals surface area contributed by atoms with Crippen LogP contribution in [0.3, 0.4) is 0 Å². The van der Waals surface area contributed by atoms with Crippen LogP contribution in [-0.4, -0.2) is 36.3 Å². The van der Waals surface area contributed by atoms with Crippen LogP contribution in [0.1, 0.15) is 32.1 Å². The summed E-state index contributed by atoms with van der Waals surface area (Å²) in [5, 5.41) is 16.1. The van der Waals surface area contributed by atoms with Crippen molar-refractivity contribution in [1.29, 1.82) is 0 Å². The van der Waals surface area contributed by atoms with Crippen LogP contribution in [0.5, 0.6) is 5.75 Å². The summed E-state index contributed by atoms with van der Waals surface area (Å²) >= 11 is 0. The molecular formula is C17H25ClN2O3. The molecule has 1 heterocycles. The average Bonchev–Trinajstić information content (AvgIpc) is 3.06. The van der Waals surface area contributed by atoms with Gasteiger partial charge in [0, 0.05) is 12.2 Å². The van der Waals surface area contributed by atoms with Crippen molar-refractivity contribution in [3.05, 3.63) is 24.3 Å². The van der Waals surface area contributed by atoms with E-state index in [-0.39, 0.29) is 36.4 Å². The Morgan fingerprint density at radius 2 is 1.91 bits per heavy atom. The third-order valence-electron chi connectivity index (χ3n) is 4.51. The van der Waals surface area contributed by atoms with Gasteiger partial charge in [0.25, 0.3) is 0 Å². The van der Waals surface area contributed by atoms with Gasteiger partial charge in [-0.1, -0.05) is 6.42 Å². The van der Waals surface area contributed by atoms with E-state index in [1.165, 1.54) is 0 Å². The zero-order valence-corrected chi connectivity index (χ0v) is 14.0. The summed E-state index contributed by atoms with van der Waals surface area (Å²) < 4.78 is 5.85. The van der Waals surface area contributed by atoms with Gasteiger partial charge in [0.2, 0.25) is 5.91 Å². The van der Waals surface area contributed by atoms with Crippen LogP contribution in [0.15, 0.2) is 24.3 Å². The molecule has 23 heavy (non-hydrogen) atoms. The first kappa shape index (κ1) is 18.0. The molecule has 2 unspecified atom stereocenters. The van der Waals surface area contributed by atoms with E-state index in [1.54, 1.807) is 0 Å². The maximum atomic E-state index is 12.0. The number of hydrogen-bond acceptors (Lipinski definition) is 4. The standard InChI is InChI=1S/C17H24N2O3.ClH/c20-15-3-1-2-4-16(15)22-14-7-5-13(6-8-14)19-17(21)12-9-10-18-11-12;/h5-8,12,15-16,18,20H,1-4,9-11H2,(H,19,21);1H/t12-,15?,16?;/m1./s1. The molecule has 1 aromatic carbocycles. The van der Waals surface area contributed by atoms with E-state index < -0.39 is 0 Å². The summed E-state index contributed by atoms with van der Waals surface area (Å²) in [5.41, 5.74) is 0.786. The number of nitrogens with one attached hydrogen (secondary N) is 2. The Hall–Kier alpha value is -1.30. The van der Waals surface area contributed by atoms with E-state index in [1.807, 2.05) is 24.3 Å². The Morgan fingerprint density at radius 1 is 1.17 bits per heavy atom. The minimum Gasteiger partial charge on any atom is -0.488 e. The molecule has 1 saturated heterocycles. The zero-order valence-electron chi connectivity index (χ0n) is 13.2. The quantitative estimate of drug-likeness (QED) is 0.786. The molecule has 1 saturated carbocycles. The Kier molecular flexibility index (Phi) is 6.69. The first-order valence-electron chi connectivity index (χ1n) is 8.19. The Bertz CT molecular complexity index is 503. The Balaban J connectivity index is 0.00000192. The lowest BCUT2D eigenvalue weighted by atomic mass is 9.95. The summed E-state index contributed by atoms with van der Waals surface area (Å²) in [6, 6.07) is 7.41. The highest BCUT2D eigenvalue weighted by atomic mass is 35.5. The largest absolute Gasteiger partial charge is 0.488 e. The van der Waals surface area contributed by atoms with Crippen LogP contribution in [0.4, 0.5) is 5.69 Å². The molecule has 128 valence electrons. The molecule has 1 aliphatic carbocycles. The first-order valence-corrected chi connectivity index (χ1v) is 8.19. The van der Waals surface area contributed by atoms with Gasteiger partial charge >= 0.3 is 0 Å². The van der Waals surface area contributed by atoms with Crippen LogP contribution in [-0.2, 0) is 4.79 Å². The fourth-order valence-corrected chi connectivity index (χ4v) is 3.13. The maximum absolute atomic E-state index is 12.0. The number of rotatable bonds is 4. The van der Waals surface area contributed by atoms with Crippen molar-refractivity contribution in [2.45, 2.75) is 44.3 Å². The normalized spacial score (nSPS) is 27.1. The molecule has 0 bridgehead atoms. The molecule has 0 radical (unpaired) electrons. The molecule has 5 nitrogen and oxygen atoms in total. The lowest BCUT2D eigenvalue weighted by Crippen LogP contribution is -2.34. The van der Waals surface area contributed by atoms with E-state index >= 15 is 0 Å². The summed E-state index contributed by atoms with van der Waals surface area (Å²) in [6.07, 6.45) is 4.30. The van der Waals surface area contributed by atoms with Crippen molar-refractivity contribution in [1.82, 2.24) is 5.32 Å². The van der Waals surface area contributed by atoms with Crippen molar-refractivity contribution >= 4 is 24.0 Å². The van der Waals surface area contributed by atoms with Gasteiger partial charge in [-0.2, -0.15) is 0 Å². The molecule has 6 heteroatoms. The summed E-state index contributed by atoms with van der Waals surface area (Å²) in [4.78, 5) is 12.0. The molecule has 0 aromatic heterocycles. The second-order valence-corrected chi connectivity index (χ2v) is 6.21. The van der Waals surface area contributed by atoms with Gasteiger partial charge in [-0.25, -0.2) is 0 Å². The van der Waals surface area contributed by atoms with Crippen molar-refractivity contribution < 1.29 is 14.6 Å². The van der Waals surface area contributed by atoms with E-state index in [0.717, 1.165) is 56.6 Å². The number of aliphatic hydroxyl groups is 1. The number of aliphatic hydroxyl groups excluding tert-OH is 1. The van der Waals surface area contributed by atoms with E-state index in [4.69, 9.17) is 4.74 Å². The summed E-state index contributed by atoms with van der Waals surface area (Å²) in [6.45, 7) is 1.67. The molecule has 1 aliphatic heterocycles. The highest BCUT2D eigenvalue weighted by Crippen LogP contribution is 2.25. The fraction of sp³-hybridized carbons (Fsp3) is 0.588. The Morgan fingerprint density at radius 3 is 2.57 bits per heavy atom.